The summed E-state index contributed by atoms with van der Waals surface area (Å²) in [6.45, 7) is 8.67. The number of imidazole rings is 1. The van der Waals surface area contributed by atoms with Gasteiger partial charge in [0, 0.05) is 30.0 Å². The first-order valence-electron chi connectivity index (χ1n) is 6.26. The van der Waals surface area contributed by atoms with Crippen LogP contribution in [0.5, 0.6) is 0 Å². The highest BCUT2D eigenvalue weighted by Gasteiger charge is 2.13. The third-order valence-corrected chi connectivity index (χ3v) is 2.77. The minimum Gasteiger partial charge on any atom is -0.308 e. The Labute approximate surface area is 112 Å². The molecule has 19 heavy (non-hydrogen) atoms. The van der Waals surface area contributed by atoms with Crippen molar-refractivity contribution in [2.75, 3.05) is 0 Å². The number of pyridine rings is 1. The third-order valence-electron chi connectivity index (χ3n) is 2.77. The third kappa shape index (κ3) is 3.38. The molecule has 2 heterocycles. The van der Waals surface area contributed by atoms with Crippen LogP contribution in [0.4, 0.5) is 4.39 Å². The van der Waals surface area contributed by atoms with Gasteiger partial charge in [-0.2, -0.15) is 0 Å². The van der Waals surface area contributed by atoms with Gasteiger partial charge in [0.15, 0.2) is 0 Å². The number of rotatable bonds is 3. The predicted octanol–water partition coefficient (Wildman–Crippen LogP) is 2.60. The van der Waals surface area contributed by atoms with E-state index in [4.69, 9.17) is 0 Å². The lowest BCUT2D eigenvalue weighted by atomic mass is 10.1. The average molecular weight is 262 g/mol. The van der Waals surface area contributed by atoms with Crippen molar-refractivity contribution in [3.63, 3.8) is 0 Å². The molecule has 0 amide bonds. The minimum absolute atomic E-state index is 0.0342. The second kappa shape index (κ2) is 5.09. The molecule has 0 atom stereocenters. The van der Waals surface area contributed by atoms with E-state index in [1.807, 2.05) is 17.7 Å². The lowest BCUT2D eigenvalue weighted by Crippen LogP contribution is -2.35. The standard InChI is InChI=1S/C14H19FN4/c1-10-16-5-6-19(10)13-11(7-12(15)9-17-13)8-18-14(2,3)4/h5-7,9,18H,8H2,1-4H3. The molecule has 2 aromatic heterocycles. The molecule has 0 aliphatic rings. The van der Waals surface area contributed by atoms with Gasteiger partial charge in [-0.15, -0.1) is 0 Å². The largest absolute Gasteiger partial charge is 0.308 e. The Balaban J connectivity index is 2.36. The summed E-state index contributed by atoms with van der Waals surface area (Å²) in [5, 5.41) is 3.35. The Kier molecular flexibility index (Phi) is 3.66. The predicted molar refractivity (Wildman–Crippen MR) is 72.6 cm³/mol. The quantitative estimate of drug-likeness (QED) is 0.924. The topological polar surface area (TPSA) is 42.7 Å². The van der Waals surface area contributed by atoms with E-state index in [0.717, 1.165) is 11.4 Å². The Bertz CT molecular complexity index is 569. The molecule has 1 N–H and O–H groups in total. The number of aromatic nitrogens is 3. The fourth-order valence-corrected chi connectivity index (χ4v) is 1.78. The highest BCUT2D eigenvalue weighted by Crippen LogP contribution is 2.16. The molecule has 0 aliphatic heterocycles. The monoisotopic (exact) mass is 262 g/mol. The minimum atomic E-state index is -0.327. The van der Waals surface area contributed by atoms with Crippen LogP contribution in [-0.4, -0.2) is 20.1 Å². The lowest BCUT2D eigenvalue weighted by molar-refractivity contribution is 0.422. The van der Waals surface area contributed by atoms with Crippen LogP contribution < -0.4 is 5.32 Å². The van der Waals surface area contributed by atoms with Gasteiger partial charge in [0.25, 0.3) is 0 Å². The van der Waals surface area contributed by atoms with Crippen molar-refractivity contribution in [1.82, 2.24) is 19.9 Å². The Morgan fingerprint density at radius 2 is 2.05 bits per heavy atom. The molecule has 0 unspecified atom stereocenters. The molecular formula is C14H19FN4. The van der Waals surface area contributed by atoms with Crippen LogP contribution in [0.25, 0.3) is 5.82 Å². The first-order chi connectivity index (χ1) is 8.87. The Morgan fingerprint density at radius 3 is 2.63 bits per heavy atom. The second-order valence-electron chi connectivity index (χ2n) is 5.58. The molecule has 0 fully saturated rings. The highest BCUT2D eigenvalue weighted by atomic mass is 19.1. The van der Waals surface area contributed by atoms with E-state index in [1.165, 1.54) is 12.3 Å². The van der Waals surface area contributed by atoms with Gasteiger partial charge in [0.05, 0.1) is 6.20 Å². The van der Waals surface area contributed by atoms with Crippen LogP contribution in [0.15, 0.2) is 24.7 Å². The molecule has 4 nitrogen and oxygen atoms in total. The van der Waals surface area contributed by atoms with Gasteiger partial charge in [0.1, 0.15) is 17.5 Å². The first-order valence-corrected chi connectivity index (χ1v) is 6.26. The maximum Gasteiger partial charge on any atom is 0.142 e. The molecule has 2 aromatic rings. The van der Waals surface area contributed by atoms with Crippen LogP contribution in [0.3, 0.4) is 0 Å². The van der Waals surface area contributed by atoms with Gasteiger partial charge >= 0.3 is 0 Å². The van der Waals surface area contributed by atoms with Crippen molar-refractivity contribution in [2.24, 2.45) is 0 Å². The van der Waals surface area contributed by atoms with Gasteiger partial charge in [-0.25, -0.2) is 14.4 Å². The normalized spacial score (nSPS) is 11.8. The summed E-state index contributed by atoms with van der Waals surface area (Å²) in [5.74, 6) is 1.22. The van der Waals surface area contributed by atoms with Crippen molar-refractivity contribution in [3.8, 4) is 5.82 Å². The maximum absolute atomic E-state index is 13.4. The second-order valence-corrected chi connectivity index (χ2v) is 5.58. The van der Waals surface area contributed by atoms with Crippen molar-refractivity contribution >= 4 is 0 Å². The Hall–Kier alpha value is -1.75. The number of aryl methyl sites for hydroxylation is 1. The van der Waals surface area contributed by atoms with Crippen molar-refractivity contribution < 1.29 is 4.39 Å². The summed E-state index contributed by atoms with van der Waals surface area (Å²) in [4.78, 5) is 8.36. The summed E-state index contributed by atoms with van der Waals surface area (Å²) in [6, 6.07) is 1.51. The van der Waals surface area contributed by atoms with Crippen LogP contribution in [0, 0.1) is 12.7 Å². The van der Waals surface area contributed by atoms with Crippen molar-refractivity contribution in [3.05, 3.63) is 41.9 Å². The molecule has 0 bridgehead atoms. The summed E-state index contributed by atoms with van der Waals surface area (Å²) >= 11 is 0. The number of hydrogen-bond donors (Lipinski definition) is 1. The zero-order chi connectivity index (χ0) is 14.0. The van der Waals surface area contributed by atoms with E-state index in [9.17, 15) is 4.39 Å². The molecule has 0 aromatic carbocycles. The van der Waals surface area contributed by atoms with Gasteiger partial charge in [-0.1, -0.05) is 0 Å². The molecule has 0 saturated heterocycles. The molecule has 0 aliphatic carbocycles. The van der Waals surface area contributed by atoms with Gasteiger partial charge in [-0.05, 0) is 33.8 Å². The van der Waals surface area contributed by atoms with E-state index < -0.39 is 0 Å². The van der Waals surface area contributed by atoms with Crippen LogP contribution in [0.2, 0.25) is 0 Å². The fourth-order valence-electron chi connectivity index (χ4n) is 1.78. The number of nitrogens with one attached hydrogen (secondary N) is 1. The molecular weight excluding hydrogens is 243 g/mol. The summed E-state index contributed by atoms with van der Waals surface area (Å²) < 4.78 is 15.3. The SMILES string of the molecule is Cc1nccn1-c1ncc(F)cc1CNC(C)(C)C. The van der Waals surface area contributed by atoms with Crippen LogP contribution in [0.1, 0.15) is 32.2 Å². The van der Waals surface area contributed by atoms with Gasteiger partial charge < -0.3 is 5.32 Å². The molecule has 0 radical (unpaired) electrons. The molecule has 0 spiro atoms. The molecule has 2 rings (SSSR count). The lowest BCUT2D eigenvalue weighted by Gasteiger charge is -2.21. The fraction of sp³-hybridized carbons (Fsp3) is 0.429. The summed E-state index contributed by atoms with van der Waals surface area (Å²) in [5.41, 5.74) is 0.782. The van der Waals surface area contributed by atoms with E-state index in [0.29, 0.717) is 12.4 Å². The van der Waals surface area contributed by atoms with E-state index >= 15 is 0 Å². The summed E-state index contributed by atoms with van der Waals surface area (Å²) in [6.07, 6.45) is 4.77. The van der Waals surface area contributed by atoms with E-state index in [2.05, 4.69) is 36.1 Å². The molecule has 5 heteroatoms. The zero-order valence-electron chi connectivity index (χ0n) is 11.7. The van der Waals surface area contributed by atoms with Crippen molar-refractivity contribution in [2.45, 2.75) is 39.8 Å². The number of nitrogens with zero attached hydrogens (tertiary/aromatic N) is 3. The van der Waals surface area contributed by atoms with E-state index in [1.54, 1.807) is 6.20 Å². The van der Waals surface area contributed by atoms with Crippen LogP contribution in [-0.2, 0) is 6.54 Å². The Morgan fingerprint density at radius 1 is 1.32 bits per heavy atom. The first kappa shape index (κ1) is 13.7. The molecule has 0 saturated carbocycles. The van der Waals surface area contributed by atoms with Crippen LogP contribution >= 0.6 is 0 Å². The highest BCUT2D eigenvalue weighted by molar-refractivity contribution is 5.35. The number of halogens is 1. The smallest absolute Gasteiger partial charge is 0.142 e. The maximum atomic E-state index is 13.4. The zero-order valence-corrected chi connectivity index (χ0v) is 11.7. The van der Waals surface area contributed by atoms with E-state index in [-0.39, 0.29) is 11.4 Å². The average Bonchev–Trinajstić information content (AvgIpc) is 2.72. The molecule has 102 valence electrons. The van der Waals surface area contributed by atoms with Gasteiger partial charge in [0.2, 0.25) is 0 Å². The van der Waals surface area contributed by atoms with Gasteiger partial charge in [-0.3, -0.25) is 4.57 Å². The van der Waals surface area contributed by atoms with Crippen molar-refractivity contribution in [1.29, 1.82) is 0 Å². The summed E-state index contributed by atoms with van der Waals surface area (Å²) in [7, 11) is 0. The number of hydrogen-bond acceptors (Lipinski definition) is 3.